The number of nitrogens with one attached hydrogen (secondary N) is 1. The Kier molecular flexibility index (Phi) is 7.62. The van der Waals surface area contributed by atoms with E-state index in [0.29, 0.717) is 16.2 Å². The highest BCUT2D eigenvalue weighted by molar-refractivity contribution is 9.10. The van der Waals surface area contributed by atoms with Crippen LogP contribution in [-0.2, 0) is 4.74 Å². The average Bonchev–Trinajstić information content (AvgIpc) is 3.17. The van der Waals surface area contributed by atoms with Gasteiger partial charge in [0, 0.05) is 5.56 Å². The summed E-state index contributed by atoms with van der Waals surface area (Å²) in [7, 11) is 1.50. The average molecular weight is 522 g/mol. The van der Waals surface area contributed by atoms with Gasteiger partial charge in [0.25, 0.3) is 0 Å². The molecule has 0 saturated heterocycles. The lowest BCUT2D eigenvalue weighted by atomic mass is 10.1. The lowest BCUT2D eigenvalue weighted by Crippen LogP contribution is -2.37. The van der Waals surface area contributed by atoms with Crippen LogP contribution in [0.5, 0.6) is 11.8 Å². The normalized spacial score (nSPS) is 12.2. The summed E-state index contributed by atoms with van der Waals surface area (Å²) in [6.07, 6.45) is 0.794. The number of ether oxygens (including phenoxy) is 3. The predicted octanol–water partition coefficient (Wildman–Crippen LogP) is 4.72. The van der Waals surface area contributed by atoms with Gasteiger partial charge in [-0.15, -0.1) is 10.2 Å². The molecule has 32 heavy (non-hydrogen) atoms. The molecule has 0 bridgehead atoms. The number of methoxy groups -OCH3 is 1. The molecule has 0 aliphatic rings. The van der Waals surface area contributed by atoms with E-state index >= 15 is 0 Å². The standard InChI is InChI=1S/C21H24BrN5O4S/c1-12-26-27-19(32-12)14-8-6-13(7-9-14)15(25-20(28)31-21(2,3)4)10-30-18-16(22)17(29-5)23-11-24-18/h6-9,11,15H,10H2,1-5H3,(H,25,28)/t15-/m0/s1. The van der Waals surface area contributed by atoms with Gasteiger partial charge in [0.15, 0.2) is 0 Å². The van der Waals surface area contributed by atoms with Crippen molar-refractivity contribution in [2.24, 2.45) is 0 Å². The molecule has 3 aromatic rings. The van der Waals surface area contributed by atoms with Crippen molar-refractivity contribution in [1.29, 1.82) is 0 Å². The molecule has 11 heteroatoms. The van der Waals surface area contributed by atoms with Crippen LogP contribution < -0.4 is 14.8 Å². The molecule has 9 nitrogen and oxygen atoms in total. The quantitative estimate of drug-likeness (QED) is 0.475. The third-order valence-electron chi connectivity index (χ3n) is 4.08. The van der Waals surface area contributed by atoms with E-state index < -0.39 is 17.7 Å². The predicted molar refractivity (Wildman–Crippen MR) is 124 cm³/mol. The third-order valence-corrected chi connectivity index (χ3v) is 5.65. The fourth-order valence-corrected chi connectivity index (χ4v) is 3.86. The number of nitrogens with zero attached hydrogens (tertiary/aromatic N) is 4. The molecule has 0 fully saturated rings. The van der Waals surface area contributed by atoms with Gasteiger partial charge in [-0.2, -0.15) is 0 Å². The molecular formula is C21H24BrN5O4S. The number of hydrogen-bond acceptors (Lipinski definition) is 9. The molecule has 1 aromatic carbocycles. The summed E-state index contributed by atoms with van der Waals surface area (Å²) in [4.78, 5) is 20.6. The maximum absolute atomic E-state index is 12.5. The van der Waals surface area contributed by atoms with Crippen LogP contribution in [0.25, 0.3) is 10.6 Å². The van der Waals surface area contributed by atoms with Crippen molar-refractivity contribution in [3.8, 4) is 22.3 Å². The fourth-order valence-electron chi connectivity index (χ4n) is 2.69. The maximum atomic E-state index is 12.5. The Morgan fingerprint density at radius 3 is 2.44 bits per heavy atom. The summed E-state index contributed by atoms with van der Waals surface area (Å²) >= 11 is 4.89. The molecule has 2 aromatic heterocycles. The smallest absolute Gasteiger partial charge is 0.408 e. The Morgan fingerprint density at radius 2 is 1.84 bits per heavy atom. The van der Waals surface area contributed by atoms with Crippen LogP contribution in [-0.4, -0.2) is 45.6 Å². The molecule has 2 heterocycles. The highest BCUT2D eigenvalue weighted by atomic mass is 79.9. The van der Waals surface area contributed by atoms with Crippen molar-refractivity contribution in [3.05, 3.63) is 45.6 Å². The van der Waals surface area contributed by atoms with Crippen LogP contribution in [0.4, 0.5) is 4.79 Å². The number of alkyl carbamates (subject to hydrolysis) is 1. The third kappa shape index (κ3) is 6.36. The zero-order valence-corrected chi connectivity index (χ0v) is 20.8. The van der Waals surface area contributed by atoms with Gasteiger partial charge in [-0.05, 0) is 49.2 Å². The van der Waals surface area contributed by atoms with E-state index in [1.807, 2.05) is 31.2 Å². The second kappa shape index (κ2) is 10.2. The number of aromatic nitrogens is 4. The molecule has 0 aliphatic carbocycles. The van der Waals surface area contributed by atoms with Gasteiger partial charge in [0.05, 0.1) is 13.2 Å². The molecule has 0 saturated carbocycles. The van der Waals surface area contributed by atoms with Gasteiger partial charge in [-0.1, -0.05) is 35.6 Å². The SMILES string of the molecule is COc1ncnc(OC[C@H](NC(=O)OC(C)(C)C)c2ccc(-c3nnc(C)s3)cc2)c1Br. The lowest BCUT2D eigenvalue weighted by molar-refractivity contribution is 0.0485. The molecule has 170 valence electrons. The van der Waals surface area contributed by atoms with E-state index in [-0.39, 0.29) is 6.61 Å². The van der Waals surface area contributed by atoms with Gasteiger partial charge in [-0.3, -0.25) is 0 Å². The molecule has 1 amide bonds. The summed E-state index contributed by atoms with van der Waals surface area (Å²) < 4.78 is 17.0. The maximum Gasteiger partial charge on any atom is 0.408 e. The zero-order chi connectivity index (χ0) is 23.3. The first kappa shape index (κ1) is 23.9. The summed E-state index contributed by atoms with van der Waals surface area (Å²) in [5, 5.41) is 12.8. The van der Waals surface area contributed by atoms with E-state index in [4.69, 9.17) is 14.2 Å². The number of aryl methyl sites for hydroxylation is 1. The molecule has 1 N–H and O–H groups in total. The molecular weight excluding hydrogens is 498 g/mol. The summed E-state index contributed by atoms with van der Waals surface area (Å²) in [6, 6.07) is 7.19. The number of halogens is 1. The molecule has 0 aliphatic heterocycles. The first-order valence-corrected chi connectivity index (χ1v) is 11.3. The van der Waals surface area contributed by atoms with E-state index in [1.165, 1.54) is 24.8 Å². The van der Waals surface area contributed by atoms with Crippen LogP contribution >= 0.6 is 27.3 Å². The van der Waals surface area contributed by atoms with Crippen molar-refractivity contribution >= 4 is 33.4 Å². The van der Waals surface area contributed by atoms with E-state index in [9.17, 15) is 4.79 Å². The molecule has 0 radical (unpaired) electrons. The van der Waals surface area contributed by atoms with Gasteiger partial charge in [0.2, 0.25) is 11.8 Å². The van der Waals surface area contributed by atoms with E-state index in [2.05, 4.69) is 41.4 Å². The topological polar surface area (TPSA) is 108 Å². The second-order valence-corrected chi connectivity index (χ2v) is 9.73. The van der Waals surface area contributed by atoms with Crippen LogP contribution in [0, 0.1) is 6.92 Å². The van der Waals surface area contributed by atoms with Crippen molar-refractivity contribution in [1.82, 2.24) is 25.5 Å². The Labute approximate surface area is 198 Å². The van der Waals surface area contributed by atoms with Crippen molar-refractivity contribution in [2.75, 3.05) is 13.7 Å². The Hall–Kier alpha value is -2.79. The minimum Gasteiger partial charge on any atom is -0.480 e. The number of amides is 1. The Morgan fingerprint density at radius 1 is 1.16 bits per heavy atom. The number of rotatable bonds is 7. The number of hydrogen-bond donors (Lipinski definition) is 1. The highest BCUT2D eigenvalue weighted by Gasteiger charge is 2.22. The lowest BCUT2D eigenvalue weighted by Gasteiger charge is -2.24. The van der Waals surface area contributed by atoms with Gasteiger partial charge in [-0.25, -0.2) is 14.8 Å². The Bertz CT molecular complexity index is 1070. The minimum absolute atomic E-state index is 0.106. The first-order chi connectivity index (χ1) is 15.2. The number of carbonyl (C=O) groups is 1. The summed E-state index contributed by atoms with van der Waals surface area (Å²) in [5.41, 5.74) is 1.15. The van der Waals surface area contributed by atoms with Crippen LogP contribution in [0.1, 0.15) is 37.4 Å². The zero-order valence-electron chi connectivity index (χ0n) is 18.4. The minimum atomic E-state index is -0.627. The molecule has 3 rings (SSSR count). The van der Waals surface area contributed by atoms with Crippen LogP contribution in [0.2, 0.25) is 0 Å². The first-order valence-electron chi connectivity index (χ1n) is 9.73. The monoisotopic (exact) mass is 521 g/mol. The van der Waals surface area contributed by atoms with Crippen LogP contribution in [0.3, 0.4) is 0 Å². The van der Waals surface area contributed by atoms with Crippen LogP contribution in [0.15, 0.2) is 35.1 Å². The van der Waals surface area contributed by atoms with Crippen molar-refractivity contribution in [2.45, 2.75) is 39.3 Å². The van der Waals surface area contributed by atoms with Crippen molar-refractivity contribution < 1.29 is 19.0 Å². The fraction of sp³-hybridized carbons (Fsp3) is 0.381. The number of benzene rings is 1. The Balaban J connectivity index is 1.81. The highest BCUT2D eigenvalue weighted by Crippen LogP contribution is 2.31. The summed E-state index contributed by atoms with van der Waals surface area (Å²) in [6.45, 7) is 7.44. The molecule has 1 atom stereocenters. The van der Waals surface area contributed by atoms with Gasteiger partial charge in [0.1, 0.15) is 33.0 Å². The number of carbonyl (C=O) groups excluding carboxylic acids is 1. The molecule has 0 unspecified atom stereocenters. The largest absolute Gasteiger partial charge is 0.480 e. The van der Waals surface area contributed by atoms with Gasteiger partial charge < -0.3 is 19.5 Å². The molecule has 0 spiro atoms. The van der Waals surface area contributed by atoms with Gasteiger partial charge >= 0.3 is 6.09 Å². The van der Waals surface area contributed by atoms with E-state index in [0.717, 1.165) is 21.1 Å². The van der Waals surface area contributed by atoms with E-state index in [1.54, 1.807) is 20.8 Å². The summed E-state index contributed by atoms with van der Waals surface area (Å²) in [5.74, 6) is 0.650. The second-order valence-electron chi connectivity index (χ2n) is 7.76. The van der Waals surface area contributed by atoms with Crippen molar-refractivity contribution in [3.63, 3.8) is 0 Å².